The predicted octanol–water partition coefficient (Wildman–Crippen LogP) is 5.20. The third kappa shape index (κ3) is 2.97. The Morgan fingerprint density at radius 3 is 2.71 bits per heavy atom. The number of carbonyl (C=O) groups is 2. The number of aryl methyl sites for hydroxylation is 1. The Hall–Kier alpha value is -2.93. The fourth-order valence-corrected chi connectivity index (χ4v) is 7.13. The van der Waals surface area contributed by atoms with Crippen molar-refractivity contribution < 1.29 is 28.2 Å². The van der Waals surface area contributed by atoms with Crippen LogP contribution in [0.15, 0.2) is 35.2 Å². The molecule has 35 heavy (non-hydrogen) atoms. The molecule has 0 bridgehead atoms. The van der Waals surface area contributed by atoms with Crippen LogP contribution >= 0.6 is 0 Å². The second kappa shape index (κ2) is 7.29. The molecular weight excluding hydrogens is 446 g/mol. The number of pyridine rings is 1. The molecule has 0 amide bonds. The molecule has 0 spiro atoms. The number of nitrogens with zero attached hydrogens (tertiary/aromatic N) is 1. The topological polar surface area (TPSA) is 87.9 Å². The van der Waals surface area contributed by atoms with Gasteiger partial charge < -0.3 is 18.6 Å². The molecule has 5 atom stereocenters. The summed E-state index contributed by atoms with van der Waals surface area (Å²) in [7, 11) is 0. The molecule has 0 unspecified atom stereocenters. The van der Waals surface area contributed by atoms with Crippen LogP contribution in [0, 0.1) is 16.7 Å². The Morgan fingerprint density at radius 1 is 1.20 bits per heavy atom. The van der Waals surface area contributed by atoms with Crippen molar-refractivity contribution in [3.05, 3.63) is 58.8 Å². The van der Waals surface area contributed by atoms with E-state index in [9.17, 15) is 9.59 Å². The van der Waals surface area contributed by atoms with Crippen molar-refractivity contribution in [3.63, 3.8) is 0 Å². The number of hydrogen-bond acceptors (Lipinski definition) is 7. The Morgan fingerprint density at radius 2 is 2.00 bits per heavy atom. The van der Waals surface area contributed by atoms with Gasteiger partial charge in [-0.3, -0.25) is 9.78 Å². The molecule has 184 valence electrons. The Bertz CT molecular complexity index is 1260. The lowest BCUT2D eigenvalue weighted by Crippen LogP contribution is -2.49. The van der Waals surface area contributed by atoms with Gasteiger partial charge in [0.15, 0.2) is 5.60 Å². The number of carbonyl (C=O) groups excluding carboxylic acids is 2. The van der Waals surface area contributed by atoms with Gasteiger partial charge in [0.1, 0.15) is 6.10 Å². The number of esters is 2. The van der Waals surface area contributed by atoms with Crippen molar-refractivity contribution in [2.45, 2.75) is 71.7 Å². The lowest BCUT2D eigenvalue weighted by Gasteiger charge is -2.50. The smallest absolute Gasteiger partial charge is 0.331 e. The molecule has 1 saturated heterocycles. The van der Waals surface area contributed by atoms with Gasteiger partial charge in [0.25, 0.3) is 0 Å². The lowest BCUT2D eigenvalue weighted by atomic mass is 9.58. The van der Waals surface area contributed by atoms with Crippen molar-refractivity contribution in [2.75, 3.05) is 6.61 Å². The van der Waals surface area contributed by atoms with Gasteiger partial charge in [0.2, 0.25) is 0 Å². The molecule has 7 nitrogen and oxygen atoms in total. The van der Waals surface area contributed by atoms with Gasteiger partial charge in [-0.2, -0.15) is 0 Å². The van der Waals surface area contributed by atoms with Crippen molar-refractivity contribution in [1.29, 1.82) is 0 Å². The highest BCUT2D eigenvalue weighted by atomic mass is 16.6. The van der Waals surface area contributed by atoms with Crippen LogP contribution in [-0.4, -0.2) is 23.5 Å². The number of rotatable bonds is 3. The average molecular weight is 478 g/mol. The highest BCUT2D eigenvalue weighted by Crippen LogP contribution is 2.62. The molecule has 2 aromatic heterocycles. The molecule has 1 fully saturated rings. The van der Waals surface area contributed by atoms with Crippen LogP contribution in [0.25, 0.3) is 5.57 Å². The number of aromatic nitrogens is 1. The van der Waals surface area contributed by atoms with E-state index in [0.717, 1.165) is 46.5 Å². The monoisotopic (exact) mass is 477 g/mol. The standard InChI is InChI=1S/C28H31NO6/c1-6-33-25-17-11-16-18-12-21(30)34-24(15-8-10-32-14-15)27(18,4)9-7-19(16)29-23(17)28(5)20(26(25,2)3)13-22(31)35-28/h8,10-12,14,20,24-25H,6-7,9,13H2,1-5H3/t20-,24-,25-,27+,28-/m0/s1. The largest absolute Gasteiger partial charge is 0.472 e. The van der Waals surface area contributed by atoms with Crippen molar-refractivity contribution >= 4 is 17.5 Å². The molecular formula is C28H31NO6. The van der Waals surface area contributed by atoms with Crippen LogP contribution in [0.4, 0.5) is 0 Å². The summed E-state index contributed by atoms with van der Waals surface area (Å²) in [5, 5.41) is 0. The molecule has 4 heterocycles. The molecule has 2 aromatic rings. The van der Waals surface area contributed by atoms with E-state index in [1.807, 2.05) is 19.9 Å². The second-order valence-electron chi connectivity index (χ2n) is 11.3. The molecule has 0 radical (unpaired) electrons. The Kier molecular flexibility index (Phi) is 4.69. The van der Waals surface area contributed by atoms with E-state index < -0.39 is 17.1 Å². The SMILES string of the molecule is CCO[C@H]1c2cc3c(nc2[C@@]2(C)OC(=O)C[C@H]2C1(C)C)CC[C@]1(C)C3=CC(=O)O[C@H]1c1ccoc1. The van der Waals surface area contributed by atoms with Crippen LogP contribution in [-0.2, 0) is 35.8 Å². The summed E-state index contributed by atoms with van der Waals surface area (Å²) in [6, 6.07) is 4.00. The van der Waals surface area contributed by atoms with Crippen molar-refractivity contribution in [2.24, 2.45) is 16.7 Å². The summed E-state index contributed by atoms with van der Waals surface area (Å²) >= 11 is 0. The van der Waals surface area contributed by atoms with Gasteiger partial charge in [0, 0.05) is 51.8 Å². The van der Waals surface area contributed by atoms with Crippen LogP contribution in [0.1, 0.15) is 87.7 Å². The second-order valence-corrected chi connectivity index (χ2v) is 11.3. The molecule has 2 aliphatic heterocycles. The number of fused-ring (bicyclic) bond motifs is 6. The van der Waals surface area contributed by atoms with Crippen molar-refractivity contribution in [1.82, 2.24) is 4.98 Å². The molecule has 0 N–H and O–H groups in total. The molecule has 0 saturated carbocycles. The minimum atomic E-state index is -0.807. The van der Waals surface area contributed by atoms with E-state index in [0.29, 0.717) is 13.0 Å². The van der Waals surface area contributed by atoms with E-state index in [-0.39, 0.29) is 29.4 Å². The number of hydrogen-bond donors (Lipinski definition) is 0. The molecule has 7 heteroatoms. The highest BCUT2D eigenvalue weighted by Gasteiger charge is 2.62. The van der Waals surface area contributed by atoms with Gasteiger partial charge in [-0.1, -0.05) is 20.8 Å². The maximum Gasteiger partial charge on any atom is 0.331 e. The van der Waals surface area contributed by atoms with E-state index in [2.05, 4.69) is 26.8 Å². The zero-order valence-electron chi connectivity index (χ0n) is 20.8. The highest BCUT2D eigenvalue weighted by molar-refractivity contribution is 5.96. The van der Waals surface area contributed by atoms with Crippen LogP contribution < -0.4 is 0 Å². The fourth-order valence-electron chi connectivity index (χ4n) is 7.13. The van der Waals surface area contributed by atoms with Crippen molar-refractivity contribution in [3.8, 4) is 0 Å². The first kappa shape index (κ1) is 22.5. The number of furan rings is 1. The minimum absolute atomic E-state index is 0.0414. The molecule has 4 aliphatic rings. The number of cyclic esters (lactones) is 1. The quantitative estimate of drug-likeness (QED) is 0.561. The first-order chi connectivity index (χ1) is 16.6. The van der Waals surface area contributed by atoms with E-state index in [1.54, 1.807) is 18.6 Å². The fraction of sp³-hybridized carbons (Fsp3) is 0.536. The summed E-state index contributed by atoms with van der Waals surface area (Å²) in [5.41, 5.74) is 3.81. The van der Waals surface area contributed by atoms with E-state index >= 15 is 0 Å². The maximum atomic E-state index is 12.7. The molecule has 2 aliphatic carbocycles. The summed E-state index contributed by atoms with van der Waals surface area (Å²) < 4.78 is 23.5. The zero-order valence-corrected chi connectivity index (χ0v) is 20.8. The Balaban J connectivity index is 1.56. The van der Waals surface area contributed by atoms with Gasteiger partial charge in [-0.25, -0.2) is 4.79 Å². The van der Waals surface area contributed by atoms with Gasteiger partial charge in [-0.15, -0.1) is 0 Å². The minimum Gasteiger partial charge on any atom is -0.472 e. The van der Waals surface area contributed by atoms with E-state index in [1.165, 1.54) is 0 Å². The summed E-state index contributed by atoms with van der Waals surface area (Å²) in [6.07, 6.45) is 6.03. The normalized spacial score (nSPS) is 34.7. The Labute approximate surface area is 204 Å². The molecule has 6 rings (SSSR count). The first-order valence-electron chi connectivity index (χ1n) is 12.4. The van der Waals surface area contributed by atoms with E-state index in [4.69, 9.17) is 23.6 Å². The van der Waals surface area contributed by atoms with Crippen LogP contribution in [0.3, 0.4) is 0 Å². The van der Waals surface area contributed by atoms with Gasteiger partial charge in [0.05, 0.1) is 30.7 Å². The first-order valence-corrected chi connectivity index (χ1v) is 12.4. The lowest BCUT2D eigenvalue weighted by molar-refractivity contribution is -0.157. The van der Waals surface area contributed by atoms with Crippen LogP contribution in [0.5, 0.6) is 0 Å². The van der Waals surface area contributed by atoms with Gasteiger partial charge >= 0.3 is 11.9 Å². The van der Waals surface area contributed by atoms with Gasteiger partial charge in [-0.05, 0) is 44.4 Å². The molecule has 0 aromatic carbocycles. The third-order valence-corrected chi connectivity index (χ3v) is 8.86. The predicted molar refractivity (Wildman–Crippen MR) is 126 cm³/mol. The summed E-state index contributed by atoms with van der Waals surface area (Å²) in [6.45, 7) is 11.0. The third-order valence-electron chi connectivity index (χ3n) is 8.86. The number of ether oxygens (including phenoxy) is 3. The average Bonchev–Trinajstić information content (AvgIpc) is 3.44. The maximum absolute atomic E-state index is 12.7. The summed E-state index contributed by atoms with van der Waals surface area (Å²) in [5.74, 6) is -0.602. The zero-order chi connectivity index (χ0) is 24.8. The van der Waals surface area contributed by atoms with Crippen LogP contribution in [0.2, 0.25) is 0 Å². The summed E-state index contributed by atoms with van der Waals surface area (Å²) in [4.78, 5) is 30.4.